The highest BCUT2D eigenvalue weighted by atomic mass is 16.2. The van der Waals surface area contributed by atoms with Gasteiger partial charge in [-0.15, -0.1) is 11.5 Å². The first kappa shape index (κ1) is 21.7. The molecule has 1 amide bonds. The molecule has 35 heavy (non-hydrogen) atoms. The molecule has 9 nitrogen and oxygen atoms in total. The van der Waals surface area contributed by atoms with E-state index in [0.29, 0.717) is 33.4 Å². The lowest BCUT2D eigenvalue weighted by atomic mass is 10.0. The Kier molecular flexibility index (Phi) is 5.39. The molecule has 4 N–H and O–H groups in total. The number of amides is 1. The highest BCUT2D eigenvalue weighted by Crippen LogP contribution is 2.22. The van der Waals surface area contributed by atoms with Gasteiger partial charge in [0, 0.05) is 18.0 Å². The van der Waals surface area contributed by atoms with Gasteiger partial charge in [-0.05, 0) is 42.6 Å². The maximum Gasteiger partial charge on any atom is 0.278 e. The molecule has 0 spiro atoms. The Morgan fingerprint density at radius 2 is 1.94 bits per heavy atom. The maximum absolute atomic E-state index is 13.6. The lowest BCUT2D eigenvalue weighted by Crippen LogP contribution is -2.36. The molecule has 3 heterocycles. The van der Waals surface area contributed by atoms with E-state index in [-0.39, 0.29) is 16.9 Å². The van der Waals surface area contributed by atoms with Crippen molar-refractivity contribution >= 4 is 33.8 Å². The topological polar surface area (TPSA) is 119 Å². The Balaban J connectivity index is 1.61. The zero-order valence-electron chi connectivity index (χ0n) is 18.8. The highest BCUT2D eigenvalue weighted by molar-refractivity contribution is 6.04. The van der Waals surface area contributed by atoms with Crippen LogP contribution in [0.5, 0.6) is 0 Å². The van der Waals surface area contributed by atoms with Crippen LogP contribution in [0.1, 0.15) is 34.6 Å². The van der Waals surface area contributed by atoms with E-state index in [1.807, 2.05) is 42.5 Å². The standard InChI is InChI=1S/C26H21N7O2/c1-3-17-9-7-10-18-15-20(33(26(35)21(17)18)30-19-11-5-4-6-12-19)16(2)29-25(34)22-23(27)31-32-14-8-13-28-24(22)32/h1,4-16,30H,2H3,(H2,27,31)(H,29,34)/t16-/m0/s1. The van der Waals surface area contributed by atoms with Crippen molar-refractivity contribution in [3.8, 4) is 12.3 Å². The van der Waals surface area contributed by atoms with Gasteiger partial charge >= 0.3 is 0 Å². The van der Waals surface area contributed by atoms with Crippen LogP contribution >= 0.6 is 0 Å². The van der Waals surface area contributed by atoms with E-state index in [9.17, 15) is 9.59 Å². The van der Waals surface area contributed by atoms with Gasteiger partial charge in [0.15, 0.2) is 11.5 Å². The third-order valence-corrected chi connectivity index (χ3v) is 5.69. The largest absolute Gasteiger partial charge is 0.381 e. The van der Waals surface area contributed by atoms with Gasteiger partial charge in [-0.2, -0.15) is 0 Å². The van der Waals surface area contributed by atoms with Gasteiger partial charge in [-0.25, -0.2) is 14.2 Å². The second kappa shape index (κ2) is 8.68. The molecule has 3 aromatic heterocycles. The molecule has 0 bridgehead atoms. The second-order valence-corrected chi connectivity index (χ2v) is 7.94. The van der Waals surface area contributed by atoms with Crippen molar-refractivity contribution in [3.05, 3.63) is 100 Å². The average Bonchev–Trinajstić information content (AvgIpc) is 3.21. The number of nitrogens with one attached hydrogen (secondary N) is 2. The van der Waals surface area contributed by atoms with Gasteiger partial charge in [0.2, 0.25) is 0 Å². The summed E-state index contributed by atoms with van der Waals surface area (Å²) in [6.07, 6.45) is 8.88. The number of para-hydroxylation sites is 1. The molecule has 2 aromatic carbocycles. The van der Waals surface area contributed by atoms with Crippen molar-refractivity contribution < 1.29 is 4.79 Å². The van der Waals surface area contributed by atoms with Crippen LogP contribution in [0.15, 0.2) is 77.9 Å². The van der Waals surface area contributed by atoms with Gasteiger partial charge in [-0.1, -0.05) is 36.3 Å². The second-order valence-electron chi connectivity index (χ2n) is 7.94. The van der Waals surface area contributed by atoms with Crippen LogP contribution in [0.2, 0.25) is 0 Å². The molecule has 0 saturated heterocycles. The number of fused-ring (bicyclic) bond motifs is 2. The molecule has 5 aromatic rings. The number of pyridine rings is 1. The number of rotatable bonds is 5. The highest BCUT2D eigenvalue weighted by Gasteiger charge is 2.23. The van der Waals surface area contributed by atoms with Crippen LogP contribution in [0.3, 0.4) is 0 Å². The number of hydrogen-bond acceptors (Lipinski definition) is 6. The van der Waals surface area contributed by atoms with Gasteiger partial charge in [0.1, 0.15) is 5.56 Å². The Bertz CT molecular complexity index is 1680. The van der Waals surface area contributed by atoms with Crippen LogP contribution in [0.25, 0.3) is 16.4 Å². The van der Waals surface area contributed by atoms with Crippen LogP contribution in [0.4, 0.5) is 11.5 Å². The maximum atomic E-state index is 13.6. The summed E-state index contributed by atoms with van der Waals surface area (Å²) in [6.45, 7) is 1.78. The summed E-state index contributed by atoms with van der Waals surface area (Å²) in [5.41, 5.74) is 11.0. The molecule has 0 saturated carbocycles. The van der Waals surface area contributed by atoms with Crippen molar-refractivity contribution in [2.24, 2.45) is 0 Å². The third-order valence-electron chi connectivity index (χ3n) is 5.69. The molecule has 0 aliphatic heterocycles. The molecular weight excluding hydrogens is 442 g/mol. The zero-order valence-corrected chi connectivity index (χ0v) is 18.8. The summed E-state index contributed by atoms with van der Waals surface area (Å²) < 4.78 is 2.85. The summed E-state index contributed by atoms with van der Waals surface area (Å²) in [4.78, 5) is 31.1. The van der Waals surface area contributed by atoms with E-state index >= 15 is 0 Å². The quantitative estimate of drug-likeness (QED) is 0.345. The number of terminal acetylenes is 1. The third kappa shape index (κ3) is 3.83. The Morgan fingerprint density at radius 3 is 2.71 bits per heavy atom. The lowest BCUT2D eigenvalue weighted by molar-refractivity contribution is 0.0941. The van der Waals surface area contributed by atoms with Crippen molar-refractivity contribution in [2.45, 2.75) is 13.0 Å². The number of hydrogen-bond donors (Lipinski definition) is 3. The number of carbonyl (C=O) groups is 1. The van der Waals surface area contributed by atoms with Crippen LogP contribution < -0.4 is 22.0 Å². The normalized spacial score (nSPS) is 11.8. The fourth-order valence-electron chi connectivity index (χ4n) is 4.04. The number of nitrogens with zero attached hydrogens (tertiary/aromatic N) is 4. The Labute approximate surface area is 200 Å². The fourth-order valence-corrected chi connectivity index (χ4v) is 4.04. The zero-order chi connectivity index (χ0) is 24.5. The van der Waals surface area contributed by atoms with E-state index < -0.39 is 11.9 Å². The molecular formula is C26H21N7O2. The van der Waals surface area contributed by atoms with Crippen molar-refractivity contribution in [1.82, 2.24) is 24.6 Å². The number of anilines is 2. The fraction of sp³-hybridized carbons (Fsp3) is 0.0769. The molecule has 9 heteroatoms. The molecule has 0 fully saturated rings. The van der Waals surface area contributed by atoms with Crippen LogP contribution in [0, 0.1) is 12.3 Å². The van der Waals surface area contributed by atoms with Gasteiger partial charge in [-0.3, -0.25) is 15.0 Å². The summed E-state index contributed by atoms with van der Waals surface area (Å²) in [5, 5.41) is 8.16. The number of carbonyl (C=O) groups excluding carboxylic acids is 1. The first-order valence-corrected chi connectivity index (χ1v) is 10.8. The van der Waals surface area contributed by atoms with Crippen molar-refractivity contribution in [2.75, 3.05) is 11.2 Å². The predicted octanol–water partition coefficient (Wildman–Crippen LogP) is 2.97. The smallest absolute Gasteiger partial charge is 0.278 e. The van der Waals surface area contributed by atoms with Gasteiger partial charge in [0.05, 0.1) is 22.8 Å². The van der Waals surface area contributed by atoms with Crippen molar-refractivity contribution in [1.29, 1.82) is 0 Å². The minimum atomic E-state index is -0.594. The molecule has 5 rings (SSSR count). The minimum absolute atomic E-state index is 0.0605. The molecule has 0 aliphatic carbocycles. The molecule has 0 unspecified atom stereocenters. The van der Waals surface area contributed by atoms with Crippen molar-refractivity contribution in [3.63, 3.8) is 0 Å². The summed E-state index contributed by atoms with van der Waals surface area (Å²) in [7, 11) is 0. The Morgan fingerprint density at radius 1 is 1.14 bits per heavy atom. The van der Waals surface area contributed by atoms with E-state index in [2.05, 4.69) is 26.7 Å². The summed E-state index contributed by atoms with van der Waals surface area (Å²) >= 11 is 0. The summed E-state index contributed by atoms with van der Waals surface area (Å²) in [5.74, 6) is 2.19. The van der Waals surface area contributed by atoms with Crippen LogP contribution in [-0.2, 0) is 0 Å². The van der Waals surface area contributed by atoms with E-state index in [4.69, 9.17) is 12.2 Å². The minimum Gasteiger partial charge on any atom is -0.381 e. The average molecular weight is 464 g/mol. The van der Waals surface area contributed by atoms with E-state index in [1.54, 1.807) is 37.5 Å². The molecule has 0 radical (unpaired) electrons. The monoisotopic (exact) mass is 463 g/mol. The van der Waals surface area contributed by atoms with Crippen LogP contribution in [-0.4, -0.2) is 25.2 Å². The van der Waals surface area contributed by atoms with Gasteiger partial charge in [0.25, 0.3) is 11.5 Å². The first-order valence-electron chi connectivity index (χ1n) is 10.8. The van der Waals surface area contributed by atoms with E-state index in [0.717, 1.165) is 0 Å². The SMILES string of the molecule is C#Cc1cccc2cc([C@H](C)NC(=O)c3c(N)nn4cccnc34)n(Nc3ccccc3)c(=O)c12. The molecule has 1 atom stereocenters. The number of benzene rings is 2. The molecule has 0 aliphatic rings. The summed E-state index contributed by atoms with van der Waals surface area (Å²) in [6, 6.07) is 17.5. The Hall–Kier alpha value is -5.10. The molecule has 172 valence electrons. The predicted molar refractivity (Wildman–Crippen MR) is 135 cm³/mol. The number of aromatic nitrogens is 4. The number of nitrogen functional groups attached to an aromatic ring is 1. The lowest BCUT2D eigenvalue weighted by Gasteiger charge is -2.22. The van der Waals surface area contributed by atoms with E-state index in [1.165, 1.54) is 9.19 Å². The first-order chi connectivity index (χ1) is 17.0. The van der Waals surface area contributed by atoms with Gasteiger partial charge < -0.3 is 11.1 Å². The number of nitrogens with two attached hydrogens (primary N) is 1.